The van der Waals surface area contributed by atoms with Crippen LogP contribution in [0.3, 0.4) is 0 Å². The molecule has 112 valence electrons. The number of aromatic nitrogens is 1. The summed E-state index contributed by atoms with van der Waals surface area (Å²) in [6.07, 6.45) is 2.17. The fourth-order valence-electron chi connectivity index (χ4n) is 2.97. The van der Waals surface area contributed by atoms with Gasteiger partial charge in [-0.3, -0.25) is 0 Å². The van der Waals surface area contributed by atoms with E-state index in [-0.39, 0.29) is 5.54 Å². The molecule has 0 unspecified atom stereocenters. The molecule has 0 atom stereocenters. The summed E-state index contributed by atoms with van der Waals surface area (Å²) in [6.45, 7) is 6.53. The average Bonchev–Trinajstić information content (AvgIpc) is 2.86. The monoisotopic (exact) mass is 309 g/mol. The minimum atomic E-state index is -0.151. The predicted octanol–water partition coefficient (Wildman–Crippen LogP) is 5.90. The quantitative estimate of drug-likeness (QED) is 0.567. The second kappa shape index (κ2) is 5.66. The van der Waals surface area contributed by atoms with Gasteiger partial charge in [-0.05, 0) is 31.9 Å². The van der Waals surface area contributed by atoms with Crippen LogP contribution in [0.4, 0.5) is 0 Å². The maximum atomic E-state index is 6.62. The van der Waals surface area contributed by atoms with Crippen LogP contribution in [0.2, 0.25) is 5.02 Å². The maximum Gasteiger partial charge on any atom is 0.0691 e. The zero-order valence-electron chi connectivity index (χ0n) is 13.2. The Morgan fingerprint density at radius 2 is 1.41 bits per heavy atom. The summed E-state index contributed by atoms with van der Waals surface area (Å²) in [5, 5.41) is 0.829. The Hall–Kier alpha value is -1.99. The molecular formula is C20H20ClN. The lowest BCUT2D eigenvalue weighted by Crippen LogP contribution is -2.27. The molecule has 2 heteroatoms. The van der Waals surface area contributed by atoms with Crippen molar-refractivity contribution in [2.75, 3.05) is 0 Å². The first kappa shape index (κ1) is 14.9. The molecule has 0 saturated heterocycles. The van der Waals surface area contributed by atoms with Gasteiger partial charge in [0.15, 0.2) is 0 Å². The van der Waals surface area contributed by atoms with Gasteiger partial charge in [-0.1, -0.05) is 72.3 Å². The molecule has 0 amide bonds. The third-order valence-corrected chi connectivity index (χ3v) is 4.82. The van der Waals surface area contributed by atoms with Crippen molar-refractivity contribution in [1.29, 1.82) is 0 Å². The largest absolute Gasteiger partial charge is 0.340 e. The van der Waals surface area contributed by atoms with Gasteiger partial charge in [0.1, 0.15) is 0 Å². The van der Waals surface area contributed by atoms with Gasteiger partial charge in [0.25, 0.3) is 0 Å². The SMILES string of the molecule is Cc1c(Cl)c(-c2ccccc2)cn1C(C)(C)c1ccccc1. The highest BCUT2D eigenvalue weighted by molar-refractivity contribution is 6.34. The van der Waals surface area contributed by atoms with Gasteiger partial charge < -0.3 is 4.57 Å². The molecule has 0 aliphatic heterocycles. The highest BCUT2D eigenvalue weighted by atomic mass is 35.5. The van der Waals surface area contributed by atoms with Crippen molar-refractivity contribution in [2.24, 2.45) is 0 Å². The van der Waals surface area contributed by atoms with Crippen LogP contribution in [0.5, 0.6) is 0 Å². The Morgan fingerprint density at radius 1 is 0.864 bits per heavy atom. The van der Waals surface area contributed by atoms with Crippen LogP contribution < -0.4 is 0 Å². The Labute approximate surface area is 137 Å². The van der Waals surface area contributed by atoms with Gasteiger partial charge in [-0.25, -0.2) is 0 Å². The fourth-order valence-corrected chi connectivity index (χ4v) is 3.22. The Balaban J connectivity index is 2.13. The van der Waals surface area contributed by atoms with E-state index in [2.05, 4.69) is 67.9 Å². The molecule has 3 rings (SSSR count). The van der Waals surface area contributed by atoms with Crippen molar-refractivity contribution in [3.8, 4) is 11.1 Å². The maximum absolute atomic E-state index is 6.62. The van der Waals surface area contributed by atoms with Crippen molar-refractivity contribution in [1.82, 2.24) is 4.57 Å². The number of halogens is 1. The predicted molar refractivity (Wildman–Crippen MR) is 94.5 cm³/mol. The molecule has 0 saturated carbocycles. The van der Waals surface area contributed by atoms with E-state index in [1.54, 1.807) is 0 Å². The second-order valence-corrected chi connectivity index (χ2v) is 6.48. The first-order valence-electron chi connectivity index (χ1n) is 7.50. The Bertz CT molecular complexity index is 770. The topological polar surface area (TPSA) is 4.93 Å². The number of benzene rings is 2. The van der Waals surface area contributed by atoms with E-state index in [0.717, 1.165) is 21.8 Å². The summed E-state index contributed by atoms with van der Waals surface area (Å²) >= 11 is 6.62. The number of nitrogens with zero attached hydrogens (tertiary/aromatic N) is 1. The molecule has 2 aromatic carbocycles. The van der Waals surface area contributed by atoms with E-state index < -0.39 is 0 Å². The molecule has 0 fully saturated rings. The summed E-state index contributed by atoms with van der Waals surface area (Å²) in [5.41, 5.74) is 4.45. The van der Waals surface area contributed by atoms with Crippen LogP contribution in [0.25, 0.3) is 11.1 Å². The van der Waals surface area contributed by atoms with Gasteiger partial charge in [-0.15, -0.1) is 0 Å². The lowest BCUT2D eigenvalue weighted by Gasteiger charge is -2.29. The average molecular weight is 310 g/mol. The standard InChI is InChI=1S/C20H20ClN/c1-15-19(21)18(16-10-6-4-7-11-16)14-22(15)20(2,3)17-12-8-5-9-13-17/h4-14H,1-3H3. The molecule has 0 aliphatic carbocycles. The molecule has 3 aromatic rings. The second-order valence-electron chi connectivity index (χ2n) is 6.10. The summed E-state index contributed by atoms with van der Waals surface area (Å²) in [6, 6.07) is 20.8. The summed E-state index contributed by atoms with van der Waals surface area (Å²) in [4.78, 5) is 0. The minimum absolute atomic E-state index is 0.151. The third kappa shape index (κ3) is 2.46. The number of hydrogen-bond acceptors (Lipinski definition) is 0. The third-order valence-electron chi connectivity index (χ3n) is 4.34. The van der Waals surface area contributed by atoms with Crippen molar-refractivity contribution in [3.63, 3.8) is 0 Å². The van der Waals surface area contributed by atoms with Gasteiger partial charge in [-0.2, -0.15) is 0 Å². The number of hydrogen-bond donors (Lipinski definition) is 0. The molecule has 0 spiro atoms. The van der Waals surface area contributed by atoms with Gasteiger partial charge >= 0.3 is 0 Å². The summed E-state index contributed by atoms with van der Waals surface area (Å²) in [5.74, 6) is 0. The molecule has 1 nitrogen and oxygen atoms in total. The van der Waals surface area contributed by atoms with Crippen LogP contribution in [0.1, 0.15) is 25.1 Å². The van der Waals surface area contributed by atoms with E-state index >= 15 is 0 Å². The van der Waals surface area contributed by atoms with Gasteiger partial charge in [0.05, 0.1) is 10.6 Å². The van der Waals surface area contributed by atoms with Crippen LogP contribution in [-0.2, 0) is 5.54 Å². The van der Waals surface area contributed by atoms with Crippen LogP contribution in [0, 0.1) is 6.92 Å². The van der Waals surface area contributed by atoms with E-state index in [1.807, 2.05) is 24.3 Å². The molecule has 0 aliphatic rings. The highest BCUT2D eigenvalue weighted by Crippen LogP contribution is 2.37. The smallest absolute Gasteiger partial charge is 0.0691 e. The first-order valence-corrected chi connectivity index (χ1v) is 7.88. The molecule has 22 heavy (non-hydrogen) atoms. The molecule has 0 N–H and O–H groups in total. The van der Waals surface area contributed by atoms with Crippen LogP contribution >= 0.6 is 11.6 Å². The molecule has 1 heterocycles. The van der Waals surface area contributed by atoms with Crippen molar-refractivity contribution >= 4 is 11.6 Å². The van der Waals surface area contributed by atoms with Crippen molar-refractivity contribution < 1.29 is 0 Å². The van der Waals surface area contributed by atoms with E-state index in [1.165, 1.54) is 5.56 Å². The van der Waals surface area contributed by atoms with E-state index in [9.17, 15) is 0 Å². The number of rotatable bonds is 3. The van der Waals surface area contributed by atoms with Crippen LogP contribution in [0.15, 0.2) is 66.9 Å². The highest BCUT2D eigenvalue weighted by Gasteiger charge is 2.26. The lowest BCUT2D eigenvalue weighted by molar-refractivity contribution is 0.429. The van der Waals surface area contributed by atoms with E-state index in [4.69, 9.17) is 11.6 Å². The molecule has 0 bridgehead atoms. The zero-order chi connectivity index (χ0) is 15.7. The minimum Gasteiger partial charge on any atom is -0.340 e. The zero-order valence-corrected chi connectivity index (χ0v) is 13.9. The van der Waals surface area contributed by atoms with Crippen LogP contribution in [-0.4, -0.2) is 4.57 Å². The first-order chi connectivity index (χ1) is 10.5. The van der Waals surface area contributed by atoms with Crippen molar-refractivity contribution in [2.45, 2.75) is 26.3 Å². The summed E-state index contributed by atoms with van der Waals surface area (Å²) < 4.78 is 2.27. The normalized spacial score (nSPS) is 11.6. The molecule has 0 radical (unpaired) electrons. The van der Waals surface area contributed by atoms with Gasteiger partial charge in [0, 0.05) is 17.5 Å². The Kier molecular flexibility index (Phi) is 3.84. The summed E-state index contributed by atoms with van der Waals surface area (Å²) in [7, 11) is 0. The lowest BCUT2D eigenvalue weighted by atomic mass is 9.94. The van der Waals surface area contributed by atoms with E-state index in [0.29, 0.717) is 0 Å². The fraction of sp³-hybridized carbons (Fsp3) is 0.200. The van der Waals surface area contributed by atoms with Gasteiger partial charge in [0.2, 0.25) is 0 Å². The Morgan fingerprint density at radius 3 is 2.00 bits per heavy atom. The van der Waals surface area contributed by atoms with Crippen molar-refractivity contribution in [3.05, 3.63) is 83.1 Å². The molecular weight excluding hydrogens is 290 g/mol. The molecule has 1 aromatic heterocycles.